The average Bonchev–Trinajstić information content (AvgIpc) is 2.53. The van der Waals surface area contributed by atoms with Crippen molar-refractivity contribution in [1.29, 1.82) is 0 Å². The van der Waals surface area contributed by atoms with Crippen molar-refractivity contribution in [3.63, 3.8) is 0 Å². The zero-order valence-electron chi connectivity index (χ0n) is 16.4. The largest absolute Gasteiger partial charge is 0.333 e. The van der Waals surface area contributed by atoms with Crippen molar-refractivity contribution in [2.75, 3.05) is 7.05 Å². The third kappa shape index (κ3) is 11.1. The Balaban J connectivity index is -0.000000535. The van der Waals surface area contributed by atoms with Gasteiger partial charge >= 0.3 is 0 Å². The highest BCUT2D eigenvalue weighted by molar-refractivity contribution is 7.74. The number of benzene rings is 1. The van der Waals surface area contributed by atoms with Crippen molar-refractivity contribution in [1.82, 2.24) is 5.32 Å². The highest BCUT2D eigenvalue weighted by Gasteiger charge is 2.28. The van der Waals surface area contributed by atoms with Gasteiger partial charge in [-0.15, -0.1) is 0 Å². The molecule has 1 rings (SSSR count). The number of aryl methyl sites for hydroxylation is 1. The van der Waals surface area contributed by atoms with Crippen LogP contribution in [0.5, 0.6) is 0 Å². The summed E-state index contributed by atoms with van der Waals surface area (Å²) in [5.74, 6) is 0. The van der Waals surface area contributed by atoms with Gasteiger partial charge in [0.2, 0.25) is 0 Å². The minimum Gasteiger partial charge on any atom is -0.333 e. The Kier molecular flexibility index (Phi) is 16.9. The molecule has 0 aliphatic rings. The van der Waals surface area contributed by atoms with Gasteiger partial charge in [0.25, 0.3) is 0 Å². The molecule has 0 atom stereocenters. The van der Waals surface area contributed by atoms with E-state index in [1.165, 1.54) is 11.1 Å². The van der Waals surface area contributed by atoms with E-state index in [4.69, 9.17) is 4.55 Å². The van der Waals surface area contributed by atoms with Gasteiger partial charge in [0.05, 0.1) is 0 Å². The summed E-state index contributed by atoms with van der Waals surface area (Å²) >= 11 is 2.53. The van der Waals surface area contributed by atoms with E-state index in [0.29, 0.717) is 0 Å². The Bertz CT molecular complexity index is 345. The molecule has 0 unspecified atom stereocenters. The molecule has 2 N–H and O–H groups in total. The van der Waals surface area contributed by atoms with Crippen molar-refractivity contribution >= 4 is 12.9 Å². The summed E-state index contributed by atoms with van der Waals surface area (Å²) in [5.41, 5.74) is 3.13. The van der Waals surface area contributed by atoms with E-state index in [1.54, 1.807) is 0 Å². The van der Waals surface area contributed by atoms with Crippen LogP contribution in [0.3, 0.4) is 0 Å². The monoisotopic (exact) mass is 329 g/mol. The van der Waals surface area contributed by atoms with Crippen LogP contribution in [0, 0.1) is 6.92 Å². The van der Waals surface area contributed by atoms with Gasteiger partial charge in [-0.1, -0.05) is 71.4 Å². The van der Waals surface area contributed by atoms with E-state index in [9.17, 15) is 0 Å². The Labute approximate surface area is 145 Å². The molecule has 22 heavy (non-hydrogen) atoms. The van der Waals surface area contributed by atoms with E-state index in [1.807, 2.05) is 34.7 Å². The van der Waals surface area contributed by atoms with Crippen LogP contribution in [0.1, 0.15) is 72.9 Å². The van der Waals surface area contributed by atoms with E-state index in [-0.39, 0.29) is 11.0 Å². The predicted molar refractivity (Wildman–Crippen MR) is 106 cm³/mol. The van der Waals surface area contributed by atoms with E-state index in [2.05, 4.69) is 77.1 Å². The third-order valence-corrected chi connectivity index (χ3v) is 3.39. The van der Waals surface area contributed by atoms with Crippen molar-refractivity contribution in [3.8, 4) is 0 Å². The Morgan fingerprint density at radius 2 is 1.27 bits per heavy atom. The fourth-order valence-corrected chi connectivity index (χ4v) is 2.30. The fourth-order valence-electron chi connectivity index (χ4n) is 2.30. The molecule has 1 aromatic carbocycles. The molecule has 0 saturated heterocycles. The molecule has 132 valence electrons. The first-order valence-electron chi connectivity index (χ1n) is 8.23. The van der Waals surface area contributed by atoms with E-state index >= 15 is 0 Å². The second-order valence-corrected chi connectivity index (χ2v) is 6.06. The lowest BCUT2D eigenvalue weighted by molar-refractivity contribution is 0.305. The van der Waals surface area contributed by atoms with Gasteiger partial charge < -0.3 is 9.87 Å². The second kappa shape index (κ2) is 14.1. The van der Waals surface area contributed by atoms with Gasteiger partial charge in [0, 0.05) is 5.54 Å². The van der Waals surface area contributed by atoms with Gasteiger partial charge in [-0.05, 0) is 58.1 Å². The molecular formula is C19H39NOS. The predicted octanol–water partition coefficient (Wildman–Crippen LogP) is 6.10. The van der Waals surface area contributed by atoms with Crippen molar-refractivity contribution in [2.24, 2.45) is 0 Å². The van der Waals surface area contributed by atoms with Crippen LogP contribution in [-0.2, 0) is 5.41 Å². The fraction of sp³-hybridized carbons (Fsp3) is 0.684. The molecule has 0 aliphatic carbocycles. The van der Waals surface area contributed by atoms with Crippen LogP contribution in [0.15, 0.2) is 24.3 Å². The molecule has 3 heteroatoms. The van der Waals surface area contributed by atoms with Crippen LogP contribution in [0.25, 0.3) is 0 Å². The maximum atomic E-state index is 6.69. The number of hydrogen-bond donors (Lipinski definition) is 3. The topological polar surface area (TPSA) is 32.3 Å². The standard InChI is InChI=1S/C15H25N.2C2H6.H2OS/c1-12-7-9-13(10-8-12)14(2,3)11-15(4,5)16-6;3*1-2/h7-10,16H,11H2,1-6H3;2*1-2H3;1-2H. The Hall–Kier alpha value is -0.510. The van der Waals surface area contributed by atoms with Crippen molar-refractivity contribution < 1.29 is 4.55 Å². The highest BCUT2D eigenvalue weighted by atomic mass is 32.1. The highest BCUT2D eigenvalue weighted by Crippen LogP contribution is 2.32. The smallest absolute Gasteiger partial charge is 0.0130 e. The lowest BCUT2D eigenvalue weighted by Crippen LogP contribution is -2.41. The summed E-state index contributed by atoms with van der Waals surface area (Å²) in [7, 11) is 2.03. The SMILES string of the molecule is CC.CC.CNC(C)(C)CC(C)(C)c1ccc(C)cc1.OS. The maximum Gasteiger partial charge on any atom is 0.0130 e. The Morgan fingerprint density at radius 3 is 1.59 bits per heavy atom. The summed E-state index contributed by atoms with van der Waals surface area (Å²) in [6.45, 7) is 19.3. The second-order valence-electron chi connectivity index (χ2n) is 6.06. The first-order chi connectivity index (χ1) is 10.3. The van der Waals surface area contributed by atoms with E-state index < -0.39 is 0 Å². The first-order valence-corrected chi connectivity index (χ1v) is 8.63. The lowest BCUT2D eigenvalue weighted by Gasteiger charge is -2.35. The van der Waals surface area contributed by atoms with Gasteiger partial charge in [-0.2, -0.15) is 0 Å². The Morgan fingerprint density at radius 1 is 0.909 bits per heavy atom. The number of thiol groups is 1. The molecule has 0 fully saturated rings. The first kappa shape index (κ1) is 26.4. The molecule has 0 spiro atoms. The summed E-state index contributed by atoms with van der Waals surface area (Å²) < 4.78 is 6.69. The molecule has 0 heterocycles. The molecule has 0 radical (unpaired) electrons. The zero-order chi connectivity index (χ0) is 18.4. The lowest BCUT2D eigenvalue weighted by atomic mass is 9.75. The van der Waals surface area contributed by atoms with Crippen LogP contribution in [0.4, 0.5) is 0 Å². The number of rotatable bonds is 4. The molecular weight excluding hydrogens is 290 g/mol. The van der Waals surface area contributed by atoms with Crippen LogP contribution in [0.2, 0.25) is 0 Å². The van der Waals surface area contributed by atoms with Crippen molar-refractivity contribution in [3.05, 3.63) is 35.4 Å². The summed E-state index contributed by atoms with van der Waals surface area (Å²) in [4.78, 5) is 0. The summed E-state index contributed by atoms with van der Waals surface area (Å²) in [6.07, 6.45) is 1.12. The molecule has 0 amide bonds. The average molecular weight is 330 g/mol. The molecule has 1 aromatic rings. The van der Waals surface area contributed by atoms with Gasteiger partial charge in [0.15, 0.2) is 0 Å². The van der Waals surface area contributed by atoms with E-state index in [0.717, 1.165) is 6.42 Å². The number of hydrogen-bond acceptors (Lipinski definition) is 3. The normalized spacial score (nSPS) is 10.2. The molecule has 0 aliphatic heterocycles. The quantitative estimate of drug-likeness (QED) is 0.460. The number of nitrogens with one attached hydrogen (secondary N) is 1. The minimum absolute atomic E-state index is 0.175. The van der Waals surface area contributed by atoms with Gasteiger partial charge in [0.1, 0.15) is 0 Å². The van der Waals surface area contributed by atoms with Gasteiger partial charge in [-0.3, -0.25) is 0 Å². The summed E-state index contributed by atoms with van der Waals surface area (Å²) in [5, 5.41) is 3.38. The third-order valence-electron chi connectivity index (χ3n) is 3.39. The van der Waals surface area contributed by atoms with Crippen LogP contribution in [-0.4, -0.2) is 17.1 Å². The van der Waals surface area contributed by atoms with Crippen LogP contribution < -0.4 is 5.32 Å². The van der Waals surface area contributed by atoms with Crippen LogP contribution >= 0.6 is 12.9 Å². The zero-order valence-corrected chi connectivity index (χ0v) is 17.3. The molecule has 0 bridgehead atoms. The maximum absolute atomic E-state index is 6.69. The molecule has 2 nitrogen and oxygen atoms in total. The van der Waals surface area contributed by atoms with Crippen molar-refractivity contribution in [2.45, 2.75) is 79.7 Å². The summed E-state index contributed by atoms with van der Waals surface area (Å²) in [6, 6.07) is 8.90. The molecule has 0 aromatic heterocycles. The minimum atomic E-state index is 0.175. The van der Waals surface area contributed by atoms with Gasteiger partial charge in [-0.25, -0.2) is 0 Å². The molecule has 0 saturated carbocycles.